The highest BCUT2D eigenvalue weighted by Gasteiger charge is 2.22. The van der Waals surface area contributed by atoms with Crippen LogP contribution in [0, 0.1) is 0 Å². The Morgan fingerprint density at radius 3 is 2.48 bits per heavy atom. The summed E-state index contributed by atoms with van der Waals surface area (Å²) in [5.74, 6) is 0.502. The lowest BCUT2D eigenvalue weighted by molar-refractivity contribution is 0.0726. The normalized spacial score (nSPS) is 14.4. The van der Waals surface area contributed by atoms with Crippen molar-refractivity contribution in [1.82, 2.24) is 24.7 Å². The number of carbonyl (C=O) groups excluding carboxylic acids is 1. The average Bonchev–Trinajstić information content (AvgIpc) is 3.40. The summed E-state index contributed by atoms with van der Waals surface area (Å²) in [4.78, 5) is 18.9. The van der Waals surface area contributed by atoms with Crippen molar-refractivity contribution in [3.05, 3.63) is 54.2 Å². The molecule has 1 aromatic carbocycles. The first kappa shape index (κ1) is 17.4. The number of nitrogens with two attached hydrogens (primary N) is 1. The zero-order valence-corrected chi connectivity index (χ0v) is 15.8. The van der Waals surface area contributed by atoms with Gasteiger partial charge in [0.1, 0.15) is 0 Å². The largest absolute Gasteiger partial charge is 0.351 e. The van der Waals surface area contributed by atoms with Gasteiger partial charge < -0.3 is 15.2 Å². The van der Waals surface area contributed by atoms with E-state index in [4.69, 9.17) is 10.3 Å². The third-order valence-corrected chi connectivity index (χ3v) is 5.30. The molecule has 1 aliphatic rings. The third-order valence-electron chi connectivity index (χ3n) is 5.30. The van der Waals surface area contributed by atoms with Gasteiger partial charge in [-0.15, -0.1) is 0 Å². The number of pyridine rings is 1. The summed E-state index contributed by atoms with van der Waals surface area (Å²) in [5.41, 5.74) is 9.63. The molecule has 0 aliphatic carbocycles. The van der Waals surface area contributed by atoms with Crippen LogP contribution in [0.3, 0.4) is 0 Å². The molecule has 0 radical (unpaired) electrons. The van der Waals surface area contributed by atoms with Gasteiger partial charge in [-0.1, -0.05) is 35.5 Å². The summed E-state index contributed by atoms with van der Waals surface area (Å²) in [5, 5.41) is 8.34. The van der Waals surface area contributed by atoms with Crippen molar-refractivity contribution in [3.8, 4) is 22.6 Å². The van der Waals surface area contributed by atoms with Gasteiger partial charge in [0.25, 0.3) is 5.91 Å². The number of anilines is 1. The van der Waals surface area contributed by atoms with Crippen LogP contribution in [0.15, 0.2) is 53.2 Å². The van der Waals surface area contributed by atoms with E-state index in [9.17, 15) is 4.79 Å². The van der Waals surface area contributed by atoms with Gasteiger partial charge in [-0.2, -0.15) is 10.1 Å². The maximum Gasteiger partial charge on any atom is 0.319 e. The highest BCUT2D eigenvalue weighted by molar-refractivity contribution is 6.01. The zero-order valence-electron chi connectivity index (χ0n) is 15.8. The predicted molar refractivity (Wildman–Crippen MR) is 108 cm³/mol. The van der Waals surface area contributed by atoms with Crippen LogP contribution in [0.4, 0.5) is 6.01 Å². The Balaban J connectivity index is 1.49. The lowest BCUT2D eigenvalue weighted by Gasteiger charge is -2.26. The monoisotopic (exact) mass is 388 g/mol. The molecule has 5 rings (SSSR count). The van der Waals surface area contributed by atoms with Gasteiger partial charge >= 0.3 is 6.01 Å². The molecule has 0 bridgehead atoms. The smallest absolute Gasteiger partial charge is 0.319 e. The van der Waals surface area contributed by atoms with Crippen molar-refractivity contribution in [2.24, 2.45) is 0 Å². The summed E-state index contributed by atoms with van der Waals surface area (Å²) >= 11 is 0. The van der Waals surface area contributed by atoms with E-state index < -0.39 is 0 Å². The lowest BCUT2D eigenvalue weighted by Crippen LogP contribution is -2.35. The van der Waals surface area contributed by atoms with E-state index in [0.29, 0.717) is 11.4 Å². The second-order valence-electron chi connectivity index (χ2n) is 7.15. The van der Waals surface area contributed by atoms with Crippen LogP contribution in [0.5, 0.6) is 0 Å². The molecular formula is C21H20N6O2. The first-order chi connectivity index (χ1) is 14.2. The second-order valence-corrected chi connectivity index (χ2v) is 7.15. The summed E-state index contributed by atoms with van der Waals surface area (Å²) in [6.07, 6.45) is 4.99. The quantitative estimate of drug-likeness (QED) is 0.578. The van der Waals surface area contributed by atoms with Gasteiger partial charge in [0.05, 0.1) is 23.0 Å². The Bertz CT molecular complexity index is 1170. The van der Waals surface area contributed by atoms with Crippen molar-refractivity contribution in [1.29, 1.82) is 0 Å². The molecular weight excluding hydrogens is 368 g/mol. The third kappa shape index (κ3) is 3.12. The van der Waals surface area contributed by atoms with Crippen LogP contribution in [-0.2, 0) is 0 Å². The molecule has 8 nitrogen and oxygen atoms in total. The molecule has 8 heteroatoms. The molecule has 1 aliphatic heterocycles. The molecule has 4 aromatic rings. The van der Waals surface area contributed by atoms with Gasteiger partial charge in [-0.3, -0.25) is 4.79 Å². The number of hydrogen-bond acceptors (Lipinski definition) is 6. The Morgan fingerprint density at radius 1 is 1.00 bits per heavy atom. The average molecular weight is 388 g/mol. The minimum absolute atomic E-state index is 0.0382. The van der Waals surface area contributed by atoms with E-state index in [2.05, 4.69) is 15.2 Å². The molecule has 1 amide bonds. The van der Waals surface area contributed by atoms with E-state index >= 15 is 0 Å². The molecule has 4 heterocycles. The lowest BCUT2D eigenvalue weighted by atomic mass is 10.1. The number of fused-ring (bicyclic) bond motifs is 1. The molecule has 0 spiro atoms. The van der Waals surface area contributed by atoms with Gasteiger partial charge in [-0.05, 0) is 31.4 Å². The van der Waals surface area contributed by atoms with Gasteiger partial charge in [-0.25, -0.2) is 4.52 Å². The summed E-state index contributed by atoms with van der Waals surface area (Å²) in [6, 6.07) is 13.6. The maximum atomic E-state index is 13.0. The number of rotatable bonds is 3. The number of likely N-dealkylation sites (tertiary alicyclic amines) is 1. The van der Waals surface area contributed by atoms with E-state index in [1.807, 2.05) is 51.9 Å². The number of aromatic nitrogens is 4. The van der Waals surface area contributed by atoms with Crippen molar-refractivity contribution >= 4 is 17.4 Å². The molecule has 146 valence electrons. The summed E-state index contributed by atoms with van der Waals surface area (Å²) < 4.78 is 6.65. The van der Waals surface area contributed by atoms with E-state index in [1.54, 1.807) is 6.20 Å². The first-order valence-electron chi connectivity index (χ1n) is 9.67. The SMILES string of the molecule is Nc1nc(-c2ccc(-c3cccc4c(C(=O)N5CCCCC5)cnn34)cc2)no1. The van der Waals surface area contributed by atoms with Crippen LogP contribution in [0.25, 0.3) is 28.2 Å². The second kappa shape index (κ2) is 7.05. The van der Waals surface area contributed by atoms with Crippen molar-refractivity contribution < 1.29 is 9.32 Å². The van der Waals surface area contributed by atoms with Crippen LogP contribution < -0.4 is 5.73 Å². The Morgan fingerprint density at radius 2 is 1.76 bits per heavy atom. The molecule has 1 fully saturated rings. The van der Waals surface area contributed by atoms with Crippen LogP contribution in [0.2, 0.25) is 0 Å². The molecule has 0 unspecified atom stereocenters. The standard InChI is InChI=1S/C21H20N6O2/c22-21-24-19(25-29-21)15-9-7-14(8-10-15)17-5-4-6-18-16(13-23-27(17)18)20(28)26-11-2-1-3-12-26/h4-10,13H,1-3,11-12H2,(H2,22,24,25). The highest BCUT2D eigenvalue weighted by atomic mass is 16.5. The maximum absolute atomic E-state index is 13.0. The number of amides is 1. The number of benzene rings is 1. The van der Waals surface area contributed by atoms with Crippen molar-refractivity contribution in [2.45, 2.75) is 19.3 Å². The fraction of sp³-hybridized carbons (Fsp3) is 0.238. The van der Waals surface area contributed by atoms with E-state index in [1.165, 1.54) is 6.42 Å². The highest BCUT2D eigenvalue weighted by Crippen LogP contribution is 2.26. The van der Waals surface area contributed by atoms with Crippen LogP contribution in [-0.4, -0.2) is 43.7 Å². The van der Waals surface area contributed by atoms with Crippen LogP contribution >= 0.6 is 0 Å². The Kier molecular flexibility index (Phi) is 4.23. The number of nitrogen functional groups attached to an aromatic ring is 1. The number of nitrogens with zero attached hydrogens (tertiary/aromatic N) is 5. The summed E-state index contributed by atoms with van der Waals surface area (Å²) in [6.45, 7) is 1.63. The van der Waals surface area contributed by atoms with Gasteiger partial charge in [0.15, 0.2) is 0 Å². The summed E-state index contributed by atoms with van der Waals surface area (Å²) in [7, 11) is 0. The van der Waals surface area contributed by atoms with E-state index in [-0.39, 0.29) is 11.9 Å². The van der Waals surface area contributed by atoms with Gasteiger partial charge in [0, 0.05) is 24.2 Å². The fourth-order valence-corrected chi connectivity index (χ4v) is 3.80. The molecule has 29 heavy (non-hydrogen) atoms. The predicted octanol–water partition coefficient (Wildman–Crippen LogP) is 3.26. The molecule has 2 N–H and O–H groups in total. The number of piperidine rings is 1. The Labute approximate surface area is 166 Å². The minimum atomic E-state index is 0.0382. The van der Waals surface area contributed by atoms with Crippen molar-refractivity contribution in [2.75, 3.05) is 18.8 Å². The van der Waals surface area contributed by atoms with Crippen molar-refractivity contribution in [3.63, 3.8) is 0 Å². The van der Waals surface area contributed by atoms with Gasteiger partial charge in [0.2, 0.25) is 5.82 Å². The molecule has 1 saturated heterocycles. The number of hydrogen-bond donors (Lipinski definition) is 1. The first-order valence-corrected chi connectivity index (χ1v) is 9.67. The zero-order chi connectivity index (χ0) is 19.8. The minimum Gasteiger partial charge on any atom is -0.351 e. The Hall–Kier alpha value is -3.68. The topological polar surface area (TPSA) is 103 Å². The molecule has 0 saturated carbocycles. The fourth-order valence-electron chi connectivity index (χ4n) is 3.80. The molecule has 3 aromatic heterocycles. The van der Waals surface area contributed by atoms with Crippen LogP contribution in [0.1, 0.15) is 29.6 Å². The number of carbonyl (C=O) groups is 1. The van der Waals surface area contributed by atoms with E-state index in [0.717, 1.165) is 48.3 Å². The molecule has 0 atom stereocenters.